The molecule has 0 bridgehead atoms. The van der Waals surface area contributed by atoms with E-state index in [4.69, 9.17) is 14.5 Å². The molecular formula is C15H24N2O2S. The SMILES string of the molecule is COCCNC(c1nc2c(s1)CCCC2)C1CCOC1. The van der Waals surface area contributed by atoms with Crippen molar-refractivity contribution < 1.29 is 9.47 Å². The van der Waals surface area contributed by atoms with Crippen LogP contribution in [0.4, 0.5) is 0 Å². The highest BCUT2D eigenvalue weighted by Crippen LogP contribution is 2.35. The van der Waals surface area contributed by atoms with E-state index in [1.165, 1.54) is 34.8 Å². The highest BCUT2D eigenvalue weighted by molar-refractivity contribution is 7.11. The Bertz CT molecular complexity index is 406. The zero-order valence-corrected chi connectivity index (χ0v) is 13.0. The molecule has 0 amide bonds. The second kappa shape index (κ2) is 6.98. The first-order valence-electron chi connectivity index (χ1n) is 7.67. The number of nitrogens with zero attached hydrogens (tertiary/aromatic N) is 1. The third-order valence-corrected chi connectivity index (χ3v) is 5.48. The van der Waals surface area contributed by atoms with E-state index >= 15 is 0 Å². The average Bonchev–Trinajstić information content (AvgIpc) is 3.12. The number of aromatic nitrogens is 1. The summed E-state index contributed by atoms with van der Waals surface area (Å²) in [4.78, 5) is 6.45. The van der Waals surface area contributed by atoms with Crippen LogP contribution < -0.4 is 5.32 Å². The predicted octanol–water partition coefficient (Wildman–Crippen LogP) is 2.34. The van der Waals surface area contributed by atoms with Crippen molar-refractivity contribution in [2.45, 2.75) is 38.1 Å². The first-order valence-corrected chi connectivity index (χ1v) is 8.48. The Morgan fingerprint density at radius 1 is 1.45 bits per heavy atom. The van der Waals surface area contributed by atoms with Crippen molar-refractivity contribution in [2.75, 3.05) is 33.5 Å². The van der Waals surface area contributed by atoms with Crippen molar-refractivity contribution in [3.63, 3.8) is 0 Å². The fraction of sp³-hybridized carbons (Fsp3) is 0.800. The summed E-state index contributed by atoms with van der Waals surface area (Å²) in [6.07, 6.45) is 6.14. The highest BCUT2D eigenvalue weighted by Gasteiger charge is 2.30. The fourth-order valence-corrected chi connectivity index (χ4v) is 4.42. The molecule has 2 unspecified atom stereocenters. The molecule has 0 aromatic carbocycles. The lowest BCUT2D eigenvalue weighted by Gasteiger charge is -2.21. The van der Waals surface area contributed by atoms with Gasteiger partial charge in [0.15, 0.2) is 0 Å². The molecule has 4 nitrogen and oxygen atoms in total. The molecule has 0 spiro atoms. The number of rotatable bonds is 6. The summed E-state index contributed by atoms with van der Waals surface area (Å²) in [7, 11) is 1.75. The van der Waals surface area contributed by atoms with Gasteiger partial charge in [-0.3, -0.25) is 0 Å². The number of aryl methyl sites for hydroxylation is 2. The van der Waals surface area contributed by atoms with Crippen LogP contribution in [-0.4, -0.2) is 38.5 Å². The molecule has 0 saturated carbocycles. The first-order chi connectivity index (χ1) is 9.88. The van der Waals surface area contributed by atoms with Gasteiger partial charge in [0, 0.05) is 31.1 Å². The maximum absolute atomic E-state index is 5.57. The molecule has 112 valence electrons. The molecule has 1 fully saturated rings. The van der Waals surface area contributed by atoms with E-state index in [1.807, 2.05) is 11.3 Å². The topological polar surface area (TPSA) is 43.4 Å². The number of methoxy groups -OCH3 is 1. The molecule has 20 heavy (non-hydrogen) atoms. The third-order valence-electron chi connectivity index (χ3n) is 4.24. The van der Waals surface area contributed by atoms with Gasteiger partial charge in [-0.25, -0.2) is 4.98 Å². The van der Waals surface area contributed by atoms with Gasteiger partial charge in [-0.1, -0.05) is 0 Å². The molecule has 2 atom stereocenters. The number of fused-ring (bicyclic) bond motifs is 1. The van der Waals surface area contributed by atoms with Crippen molar-refractivity contribution >= 4 is 11.3 Å². The Kier molecular flexibility index (Phi) is 5.04. The van der Waals surface area contributed by atoms with Crippen molar-refractivity contribution in [1.29, 1.82) is 0 Å². The summed E-state index contributed by atoms with van der Waals surface area (Å²) >= 11 is 1.92. The normalized spacial score (nSPS) is 23.8. The number of thiazole rings is 1. The van der Waals surface area contributed by atoms with Gasteiger partial charge >= 0.3 is 0 Å². The van der Waals surface area contributed by atoms with Gasteiger partial charge in [-0.2, -0.15) is 0 Å². The van der Waals surface area contributed by atoms with E-state index in [0.717, 1.165) is 39.2 Å². The maximum Gasteiger partial charge on any atom is 0.110 e. The Morgan fingerprint density at radius 2 is 2.35 bits per heavy atom. The molecule has 5 heteroatoms. The molecule has 0 radical (unpaired) electrons. The van der Waals surface area contributed by atoms with Crippen LogP contribution in [0.5, 0.6) is 0 Å². The lowest BCUT2D eigenvalue weighted by atomic mass is 9.99. The lowest BCUT2D eigenvalue weighted by Crippen LogP contribution is -2.31. The van der Waals surface area contributed by atoms with Gasteiger partial charge in [0.25, 0.3) is 0 Å². The van der Waals surface area contributed by atoms with Crippen molar-refractivity contribution in [2.24, 2.45) is 5.92 Å². The standard InChI is InChI=1S/C15H24N2O2S/c1-18-9-7-16-14(11-6-8-19-10-11)15-17-12-4-2-3-5-13(12)20-15/h11,14,16H,2-10H2,1H3. The molecule has 2 aliphatic rings. The van der Waals surface area contributed by atoms with Crippen molar-refractivity contribution in [1.82, 2.24) is 10.3 Å². The molecule has 1 aromatic heterocycles. The smallest absolute Gasteiger partial charge is 0.110 e. The third kappa shape index (κ3) is 3.22. The summed E-state index contributed by atoms with van der Waals surface area (Å²) in [6.45, 7) is 3.37. The molecule has 3 rings (SSSR count). The lowest BCUT2D eigenvalue weighted by molar-refractivity contribution is 0.168. The van der Waals surface area contributed by atoms with Gasteiger partial charge < -0.3 is 14.8 Å². The molecule has 1 aliphatic heterocycles. The summed E-state index contributed by atoms with van der Waals surface area (Å²) in [5, 5.41) is 4.90. The molecular weight excluding hydrogens is 272 g/mol. The molecule has 1 aliphatic carbocycles. The van der Waals surface area contributed by atoms with E-state index < -0.39 is 0 Å². The van der Waals surface area contributed by atoms with E-state index in [1.54, 1.807) is 7.11 Å². The molecule has 1 N–H and O–H groups in total. The number of ether oxygens (including phenoxy) is 2. The van der Waals surface area contributed by atoms with Crippen LogP contribution in [0.1, 0.15) is 40.9 Å². The highest BCUT2D eigenvalue weighted by atomic mass is 32.1. The summed E-state index contributed by atoms with van der Waals surface area (Å²) in [5.41, 5.74) is 1.36. The van der Waals surface area contributed by atoms with Crippen LogP contribution in [0.25, 0.3) is 0 Å². The van der Waals surface area contributed by atoms with Crippen LogP contribution in [0, 0.1) is 5.92 Å². The average molecular weight is 296 g/mol. The Balaban J connectivity index is 1.74. The quantitative estimate of drug-likeness (QED) is 0.818. The Labute approximate surface area is 124 Å². The van der Waals surface area contributed by atoms with Crippen LogP contribution in [0.15, 0.2) is 0 Å². The van der Waals surface area contributed by atoms with Crippen LogP contribution in [0.3, 0.4) is 0 Å². The van der Waals surface area contributed by atoms with Crippen LogP contribution >= 0.6 is 11.3 Å². The number of nitrogens with one attached hydrogen (secondary N) is 1. The van der Waals surface area contributed by atoms with Gasteiger partial charge in [-0.05, 0) is 32.1 Å². The van der Waals surface area contributed by atoms with E-state index in [0.29, 0.717) is 12.0 Å². The van der Waals surface area contributed by atoms with E-state index in [-0.39, 0.29) is 0 Å². The fourth-order valence-electron chi connectivity index (χ4n) is 3.09. The van der Waals surface area contributed by atoms with Crippen LogP contribution in [-0.2, 0) is 22.3 Å². The maximum atomic E-state index is 5.57. The monoisotopic (exact) mass is 296 g/mol. The van der Waals surface area contributed by atoms with Crippen LogP contribution in [0.2, 0.25) is 0 Å². The zero-order valence-electron chi connectivity index (χ0n) is 12.2. The summed E-state index contributed by atoms with van der Waals surface area (Å²) < 4.78 is 10.7. The second-order valence-corrected chi connectivity index (χ2v) is 6.79. The van der Waals surface area contributed by atoms with Crippen molar-refractivity contribution in [3.05, 3.63) is 15.6 Å². The second-order valence-electron chi connectivity index (χ2n) is 5.68. The predicted molar refractivity (Wildman–Crippen MR) is 80.3 cm³/mol. The van der Waals surface area contributed by atoms with Gasteiger partial charge in [-0.15, -0.1) is 11.3 Å². The minimum absolute atomic E-state index is 0.336. The van der Waals surface area contributed by atoms with E-state index in [9.17, 15) is 0 Å². The van der Waals surface area contributed by atoms with Gasteiger partial charge in [0.2, 0.25) is 0 Å². The molecule has 1 aromatic rings. The molecule has 1 saturated heterocycles. The van der Waals surface area contributed by atoms with E-state index in [2.05, 4.69) is 5.32 Å². The Hall–Kier alpha value is -0.490. The number of hydrogen-bond donors (Lipinski definition) is 1. The minimum atomic E-state index is 0.336. The van der Waals surface area contributed by atoms with Crippen molar-refractivity contribution in [3.8, 4) is 0 Å². The minimum Gasteiger partial charge on any atom is -0.383 e. The summed E-state index contributed by atoms with van der Waals surface area (Å²) in [5.74, 6) is 0.555. The molecule has 2 heterocycles. The number of hydrogen-bond acceptors (Lipinski definition) is 5. The van der Waals surface area contributed by atoms with Gasteiger partial charge in [0.1, 0.15) is 5.01 Å². The first kappa shape index (κ1) is 14.4. The zero-order chi connectivity index (χ0) is 13.8. The Morgan fingerprint density at radius 3 is 3.10 bits per heavy atom. The largest absolute Gasteiger partial charge is 0.383 e. The summed E-state index contributed by atoms with van der Waals surface area (Å²) in [6, 6.07) is 0.336. The van der Waals surface area contributed by atoms with Gasteiger partial charge in [0.05, 0.1) is 24.9 Å².